The number of unbranched alkanes of at least 4 members (excludes halogenated alkanes) is 15. The summed E-state index contributed by atoms with van der Waals surface area (Å²) in [4.78, 5) is 37.8. The zero-order valence-corrected chi connectivity index (χ0v) is 37.5. The fourth-order valence-corrected chi connectivity index (χ4v) is 5.69. The van der Waals surface area contributed by atoms with Gasteiger partial charge in [-0.3, -0.25) is 14.4 Å². The van der Waals surface area contributed by atoms with Crippen molar-refractivity contribution in [2.45, 2.75) is 181 Å². The van der Waals surface area contributed by atoms with Crippen molar-refractivity contribution < 1.29 is 28.6 Å². The van der Waals surface area contributed by atoms with E-state index in [2.05, 4.69) is 69.4 Å². The van der Waals surface area contributed by atoms with Gasteiger partial charge in [0, 0.05) is 19.3 Å². The number of hydrogen-bond donors (Lipinski definition) is 0. The lowest BCUT2D eigenvalue weighted by atomic mass is 10.1. The first-order chi connectivity index (χ1) is 29.0. The van der Waals surface area contributed by atoms with Crippen LogP contribution in [0.4, 0.5) is 0 Å². The average molecular weight is 815 g/mol. The minimum atomic E-state index is -0.813. The summed E-state index contributed by atoms with van der Waals surface area (Å²) in [7, 11) is 0. The molecule has 0 amide bonds. The molecule has 6 nitrogen and oxygen atoms in total. The molecule has 1 atom stereocenters. The summed E-state index contributed by atoms with van der Waals surface area (Å²) in [5, 5.41) is 0. The SMILES string of the molecule is CC\C=C/C=C\C=C/C=C\C=C/CCCCCC(=O)OCC(COC(=O)CCCCCCC/C=C\CCCC)OC(=O)CCCCCCC\C=C/C=C\C=C/C=C\CC. The van der Waals surface area contributed by atoms with Gasteiger partial charge in [-0.25, -0.2) is 0 Å². The van der Waals surface area contributed by atoms with E-state index >= 15 is 0 Å². The second kappa shape index (κ2) is 46.5. The Labute approximate surface area is 361 Å². The summed E-state index contributed by atoms with van der Waals surface area (Å²) in [6.45, 7) is 6.22. The smallest absolute Gasteiger partial charge is 0.306 e. The molecule has 0 saturated heterocycles. The first kappa shape index (κ1) is 54.8. The third-order valence-corrected chi connectivity index (χ3v) is 9.15. The van der Waals surface area contributed by atoms with Crippen LogP contribution in [0.1, 0.15) is 175 Å². The molecule has 1 unspecified atom stereocenters. The number of esters is 3. The maximum Gasteiger partial charge on any atom is 0.306 e. The van der Waals surface area contributed by atoms with E-state index in [-0.39, 0.29) is 37.5 Å². The fourth-order valence-electron chi connectivity index (χ4n) is 5.69. The molecule has 0 spiro atoms. The molecule has 0 bridgehead atoms. The van der Waals surface area contributed by atoms with Crippen molar-refractivity contribution in [3.8, 4) is 0 Å². The van der Waals surface area contributed by atoms with Gasteiger partial charge < -0.3 is 14.2 Å². The van der Waals surface area contributed by atoms with Crippen molar-refractivity contribution in [2.75, 3.05) is 13.2 Å². The summed E-state index contributed by atoms with van der Waals surface area (Å²) in [5.41, 5.74) is 0. The number of carbonyl (C=O) groups is 3. The standard InChI is InChI=1S/C53H82O6/c1-4-7-10-13-16-19-22-24-26-28-31-34-37-40-43-46-52(55)58-49-50(48-57-51(54)45-42-39-36-33-30-21-18-15-12-9-6-3)59-53(56)47-44-41-38-35-32-29-27-25-23-20-17-14-11-8-5-2/h7-8,10-11,13-20,22-28,31,50H,4-6,9,12,21,29-30,32-49H2,1-3H3/b10-7-,11-8-,16-13-,17-14-,18-15-,22-19-,23-20-,26-24-,27-25-,31-28-. The third-order valence-electron chi connectivity index (χ3n) is 9.15. The van der Waals surface area contributed by atoms with E-state index in [1.54, 1.807) is 0 Å². The van der Waals surface area contributed by atoms with Crippen molar-refractivity contribution >= 4 is 17.9 Å². The zero-order chi connectivity index (χ0) is 43.0. The van der Waals surface area contributed by atoms with E-state index in [0.717, 1.165) is 109 Å². The monoisotopic (exact) mass is 815 g/mol. The van der Waals surface area contributed by atoms with Gasteiger partial charge in [-0.1, -0.05) is 200 Å². The Morgan fingerprint density at radius 3 is 1.10 bits per heavy atom. The lowest BCUT2D eigenvalue weighted by Gasteiger charge is -2.18. The Bertz CT molecular complexity index is 1300. The van der Waals surface area contributed by atoms with Crippen molar-refractivity contribution in [1.29, 1.82) is 0 Å². The normalized spacial score (nSPS) is 13.2. The number of ether oxygens (including phenoxy) is 3. The van der Waals surface area contributed by atoms with Crippen molar-refractivity contribution in [3.05, 3.63) is 122 Å². The summed E-state index contributed by atoms with van der Waals surface area (Å²) in [6, 6.07) is 0. The molecule has 0 N–H and O–H groups in total. The average Bonchev–Trinajstić information content (AvgIpc) is 3.23. The maximum absolute atomic E-state index is 12.7. The minimum Gasteiger partial charge on any atom is -0.462 e. The Morgan fingerprint density at radius 1 is 0.356 bits per heavy atom. The van der Waals surface area contributed by atoms with Crippen LogP contribution < -0.4 is 0 Å². The van der Waals surface area contributed by atoms with Crippen LogP contribution in [-0.2, 0) is 28.6 Å². The predicted octanol–water partition coefficient (Wildman–Crippen LogP) is 15.0. The maximum atomic E-state index is 12.7. The quantitative estimate of drug-likeness (QED) is 0.0202. The highest BCUT2D eigenvalue weighted by molar-refractivity contribution is 5.71. The Morgan fingerprint density at radius 2 is 0.678 bits per heavy atom. The lowest BCUT2D eigenvalue weighted by molar-refractivity contribution is -0.167. The minimum absolute atomic E-state index is 0.110. The molecular formula is C53H82O6. The van der Waals surface area contributed by atoms with Crippen LogP contribution in [0.2, 0.25) is 0 Å². The summed E-state index contributed by atoms with van der Waals surface area (Å²) < 4.78 is 16.7. The van der Waals surface area contributed by atoms with Gasteiger partial charge in [-0.05, 0) is 77.0 Å². The van der Waals surface area contributed by atoms with Gasteiger partial charge in [-0.15, -0.1) is 0 Å². The van der Waals surface area contributed by atoms with E-state index in [1.807, 2.05) is 72.9 Å². The van der Waals surface area contributed by atoms with Crippen molar-refractivity contribution in [3.63, 3.8) is 0 Å². The molecule has 0 aromatic carbocycles. The van der Waals surface area contributed by atoms with Crippen LogP contribution in [0, 0.1) is 0 Å². The van der Waals surface area contributed by atoms with Gasteiger partial charge in [0.2, 0.25) is 0 Å². The highest BCUT2D eigenvalue weighted by Gasteiger charge is 2.19. The van der Waals surface area contributed by atoms with Gasteiger partial charge >= 0.3 is 17.9 Å². The molecule has 0 radical (unpaired) electrons. The van der Waals surface area contributed by atoms with Gasteiger partial charge in [0.15, 0.2) is 6.10 Å². The molecule has 0 saturated carbocycles. The van der Waals surface area contributed by atoms with Crippen LogP contribution >= 0.6 is 0 Å². The van der Waals surface area contributed by atoms with Gasteiger partial charge in [0.25, 0.3) is 0 Å². The molecule has 330 valence electrons. The summed E-state index contributed by atoms with van der Waals surface area (Å²) in [5.74, 6) is -1.000. The second-order valence-electron chi connectivity index (χ2n) is 14.8. The van der Waals surface area contributed by atoms with E-state index in [0.29, 0.717) is 12.8 Å². The van der Waals surface area contributed by atoms with Crippen LogP contribution in [-0.4, -0.2) is 37.2 Å². The van der Waals surface area contributed by atoms with Gasteiger partial charge in [0.1, 0.15) is 13.2 Å². The molecule has 59 heavy (non-hydrogen) atoms. The molecule has 0 fully saturated rings. The first-order valence-electron chi connectivity index (χ1n) is 23.2. The number of carbonyl (C=O) groups excluding carboxylic acids is 3. The largest absolute Gasteiger partial charge is 0.462 e. The zero-order valence-electron chi connectivity index (χ0n) is 37.5. The first-order valence-corrected chi connectivity index (χ1v) is 23.2. The van der Waals surface area contributed by atoms with Crippen LogP contribution in [0.5, 0.6) is 0 Å². The van der Waals surface area contributed by atoms with Crippen molar-refractivity contribution in [1.82, 2.24) is 0 Å². The number of hydrogen-bond acceptors (Lipinski definition) is 6. The van der Waals surface area contributed by atoms with Crippen LogP contribution in [0.25, 0.3) is 0 Å². The summed E-state index contributed by atoms with van der Waals surface area (Å²) >= 11 is 0. The number of allylic oxidation sites excluding steroid dienone is 20. The van der Waals surface area contributed by atoms with E-state index in [1.165, 1.54) is 25.7 Å². The molecule has 0 aliphatic heterocycles. The molecule has 0 rings (SSSR count). The van der Waals surface area contributed by atoms with Crippen molar-refractivity contribution in [2.24, 2.45) is 0 Å². The highest BCUT2D eigenvalue weighted by atomic mass is 16.6. The number of rotatable bonds is 39. The predicted molar refractivity (Wildman–Crippen MR) is 251 cm³/mol. The molecule has 0 heterocycles. The molecule has 0 aromatic rings. The summed E-state index contributed by atoms with van der Waals surface area (Å²) in [6.07, 6.45) is 63.2. The van der Waals surface area contributed by atoms with Crippen LogP contribution in [0.15, 0.2) is 122 Å². The van der Waals surface area contributed by atoms with Crippen LogP contribution in [0.3, 0.4) is 0 Å². The van der Waals surface area contributed by atoms with Gasteiger partial charge in [0.05, 0.1) is 0 Å². The molecule has 6 heteroatoms. The molecule has 0 aliphatic rings. The topological polar surface area (TPSA) is 78.9 Å². The Balaban J connectivity index is 4.55. The fraction of sp³-hybridized carbons (Fsp3) is 0.566. The Hall–Kier alpha value is -4.19. The highest BCUT2D eigenvalue weighted by Crippen LogP contribution is 2.12. The van der Waals surface area contributed by atoms with E-state index in [9.17, 15) is 14.4 Å². The molecular weight excluding hydrogens is 733 g/mol. The van der Waals surface area contributed by atoms with Gasteiger partial charge in [-0.2, -0.15) is 0 Å². The second-order valence-corrected chi connectivity index (χ2v) is 14.8. The third kappa shape index (κ3) is 44.8. The Kier molecular flexibility index (Phi) is 43.2. The van der Waals surface area contributed by atoms with E-state index in [4.69, 9.17) is 14.2 Å². The molecule has 0 aromatic heterocycles. The van der Waals surface area contributed by atoms with E-state index < -0.39 is 6.10 Å². The molecule has 0 aliphatic carbocycles. The lowest BCUT2D eigenvalue weighted by Crippen LogP contribution is -2.30.